The molecule has 0 fully saturated rings. The first-order valence-electron chi connectivity index (χ1n) is 10.2. The molecule has 168 valence electrons. The number of benzene rings is 1. The van der Waals surface area contributed by atoms with Gasteiger partial charge in [-0.05, 0) is 44.9 Å². The Morgan fingerprint density at radius 1 is 1.23 bits per heavy atom. The Balaban J connectivity index is 1.78. The first-order valence-corrected chi connectivity index (χ1v) is 10.2. The Labute approximate surface area is 182 Å². The first-order chi connectivity index (χ1) is 15.0. The van der Waals surface area contributed by atoms with E-state index in [0.29, 0.717) is 37.8 Å². The second-order valence-corrected chi connectivity index (χ2v) is 6.95. The number of carbonyl (C=O) groups excluding carboxylic acids is 1. The lowest BCUT2D eigenvalue weighted by atomic mass is 10.2. The quantitative estimate of drug-likeness (QED) is 0.233. The van der Waals surface area contributed by atoms with Gasteiger partial charge in [0.15, 0.2) is 5.82 Å². The summed E-state index contributed by atoms with van der Waals surface area (Å²) in [6.45, 7) is 7.39. The van der Waals surface area contributed by atoms with Crippen LogP contribution < -0.4 is 25.3 Å². The van der Waals surface area contributed by atoms with Crippen molar-refractivity contribution in [1.82, 2.24) is 21.0 Å². The Morgan fingerprint density at radius 3 is 2.71 bits per heavy atom. The van der Waals surface area contributed by atoms with Gasteiger partial charge in [0.05, 0.1) is 6.61 Å². The van der Waals surface area contributed by atoms with Gasteiger partial charge < -0.3 is 19.9 Å². The minimum atomic E-state index is -0.645. The van der Waals surface area contributed by atoms with E-state index in [1.165, 1.54) is 6.08 Å². The van der Waals surface area contributed by atoms with Crippen LogP contribution >= 0.6 is 0 Å². The molecule has 1 aromatic heterocycles. The Hall–Kier alpha value is -3.20. The summed E-state index contributed by atoms with van der Waals surface area (Å²) in [6.07, 6.45) is 1.48. The molecule has 0 spiro atoms. The van der Waals surface area contributed by atoms with Gasteiger partial charge >= 0.3 is 0 Å². The van der Waals surface area contributed by atoms with Crippen LogP contribution in [0.5, 0.6) is 11.6 Å². The Bertz CT molecular complexity index is 829. The number of ether oxygens (including phenoxy) is 2. The predicted molar refractivity (Wildman–Crippen MR) is 117 cm³/mol. The SMILES string of the molecule is CCOc1ccc(N(CCC(C)NCC(O)COc2ccccc2C)NN=C=O)nn1. The number of aromatic nitrogens is 2. The molecule has 2 aromatic rings. The van der Waals surface area contributed by atoms with Gasteiger partial charge in [-0.15, -0.1) is 10.2 Å². The molecule has 1 aromatic carbocycles. The van der Waals surface area contributed by atoms with Crippen molar-refractivity contribution in [2.45, 2.75) is 39.3 Å². The number of hydrogen-bond donors (Lipinski definition) is 3. The van der Waals surface area contributed by atoms with Crippen molar-refractivity contribution in [3.05, 3.63) is 42.0 Å². The molecule has 0 saturated carbocycles. The summed E-state index contributed by atoms with van der Waals surface area (Å²) in [6, 6.07) is 11.2. The number of nitrogens with zero attached hydrogens (tertiary/aromatic N) is 4. The number of aliphatic hydroxyl groups excluding tert-OH is 1. The summed E-state index contributed by atoms with van der Waals surface area (Å²) in [5.74, 6) is 1.67. The number of hydrazine groups is 1. The van der Waals surface area contributed by atoms with E-state index in [1.54, 1.807) is 17.1 Å². The first kappa shape index (κ1) is 24.1. The molecule has 0 amide bonds. The smallest absolute Gasteiger partial charge is 0.259 e. The van der Waals surface area contributed by atoms with E-state index in [2.05, 4.69) is 26.2 Å². The summed E-state index contributed by atoms with van der Waals surface area (Å²) in [5, 5.41) is 26.5. The van der Waals surface area contributed by atoms with E-state index >= 15 is 0 Å². The average Bonchev–Trinajstić information content (AvgIpc) is 2.78. The molecule has 31 heavy (non-hydrogen) atoms. The fourth-order valence-electron chi connectivity index (χ4n) is 2.70. The molecule has 0 bridgehead atoms. The molecule has 0 aliphatic rings. The van der Waals surface area contributed by atoms with E-state index in [4.69, 9.17) is 9.47 Å². The minimum Gasteiger partial charge on any atom is -0.491 e. The van der Waals surface area contributed by atoms with Crippen molar-refractivity contribution in [3.63, 3.8) is 0 Å². The average molecular weight is 431 g/mol. The third kappa shape index (κ3) is 8.59. The van der Waals surface area contributed by atoms with E-state index in [0.717, 1.165) is 11.3 Å². The molecule has 10 heteroatoms. The maximum absolute atomic E-state index is 10.5. The summed E-state index contributed by atoms with van der Waals surface area (Å²) >= 11 is 0. The molecular weight excluding hydrogens is 400 g/mol. The van der Waals surface area contributed by atoms with Crippen molar-refractivity contribution in [3.8, 4) is 11.6 Å². The van der Waals surface area contributed by atoms with E-state index in [-0.39, 0.29) is 12.6 Å². The normalized spacial score (nSPS) is 12.4. The number of para-hydroxylation sites is 1. The maximum atomic E-state index is 10.5. The lowest BCUT2D eigenvalue weighted by Gasteiger charge is -2.24. The number of isocyanates is 1. The standard InChI is InChI=1S/C21H30N6O4/c1-4-30-21-10-9-20(24-25-21)27(26-23-15-28)12-11-17(3)22-13-18(29)14-31-19-8-6-5-7-16(19)2/h5-10,17-18,22,26,29H,4,11-14H2,1-3H3. The highest BCUT2D eigenvalue weighted by Crippen LogP contribution is 2.16. The summed E-state index contributed by atoms with van der Waals surface area (Å²) < 4.78 is 11.0. The van der Waals surface area contributed by atoms with Crippen molar-refractivity contribution in [2.24, 2.45) is 5.10 Å². The minimum absolute atomic E-state index is 0.0771. The molecule has 0 radical (unpaired) electrons. The van der Waals surface area contributed by atoms with Crippen LogP contribution in [-0.4, -0.2) is 59.8 Å². The fourth-order valence-corrected chi connectivity index (χ4v) is 2.70. The molecular formula is C21H30N6O4. The third-order valence-corrected chi connectivity index (χ3v) is 4.42. The fraction of sp³-hybridized carbons (Fsp3) is 0.476. The summed E-state index contributed by atoms with van der Waals surface area (Å²) in [5.41, 5.74) is 3.62. The highest BCUT2D eigenvalue weighted by atomic mass is 16.5. The van der Waals surface area contributed by atoms with E-state index in [9.17, 15) is 9.90 Å². The zero-order valence-corrected chi connectivity index (χ0v) is 18.1. The van der Waals surface area contributed by atoms with Crippen molar-refractivity contribution >= 4 is 11.9 Å². The molecule has 0 aliphatic carbocycles. The Morgan fingerprint density at radius 2 is 2.03 bits per heavy atom. The van der Waals surface area contributed by atoms with Gasteiger partial charge in [-0.25, -0.2) is 10.3 Å². The number of anilines is 1. The zero-order valence-electron chi connectivity index (χ0n) is 18.1. The van der Waals surface area contributed by atoms with Gasteiger partial charge in [-0.3, -0.25) is 5.01 Å². The van der Waals surface area contributed by atoms with Crippen molar-refractivity contribution in [2.75, 3.05) is 31.3 Å². The second-order valence-electron chi connectivity index (χ2n) is 6.95. The number of aliphatic hydroxyl groups is 1. The van der Waals surface area contributed by atoms with E-state index in [1.807, 2.05) is 45.0 Å². The van der Waals surface area contributed by atoms with Gasteiger partial charge in [0, 0.05) is 25.2 Å². The van der Waals surface area contributed by atoms with Crippen LogP contribution in [0.15, 0.2) is 41.5 Å². The lowest BCUT2D eigenvalue weighted by molar-refractivity contribution is 0.103. The molecule has 2 unspecified atom stereocenters. The molecule has 0 aliphatic heterocycles. The van der Waals surface area contributed by atoms with Crippen LogP contribution in [0.1, 0.15) is 25.8 Å². The monoisotopic (exact) mass is 430 g/mol. The second kappa shape index (κ2) is 13.2. The third-order valence-electron chi connectivity index (χ3n) is 4.42. The van der Waals surface area contributed by atoms with Crippen molar-refractivity contribution < 1.29 is 19.4 Å². The molecule has 3 N–H and O–H groups in total. The lowest BCUT2D eigenvalue weighted by Crippen LogP contribution is -2.41. The number of rotatable bonds is 14. The van der Waals surface area contributed by atoms with E-state index < -0.39 is 6.10 Å². The van der Waals surface area contributed by atoms with Gasteiger partial charge in [0.1, 0.15) is 18.5 Å². The van der Waals surface area contributed by atoms with Crippen LogP contribution in [0.2, 0.25) is 0 Å². The largest absolute Gasteiger partial charge is 0.491 e. The zero-order chi connectivity index (χ0) is 22.5. The number of hydrazone groups is 1. The van der Waals surface area contributed by atoms with Gasteiger partial charge in [-0.2, -0.15) is 0 Å². The number of nitrogens with one attached hydrogen (secondary N) is 2. The number of aryl methyl sites for hydroxylation is 1. The van der Waals surface area contributed by atoms with Crippen LogP contribution in [0.3, 0.4) is 0 Å². The van der Waals surface area contributed by atoms with Gasteiger partial charge in [0.25, 0.3) is 6.08 Å². The molecule has 0 saturated heterocycles. The highest BCUT2D eigenvalue weighted by molar-refractivity contribution is 5.38. The van der Waals surface area contributed by atoms with Gasteiger partial charge in [-0.1, -0.05) is 23.3 Å². The van der Waals surface area contributed by atoms with Crippen LogP contribution in [0, 0.1) is 6.92 Å². The molecule has 2 atom stereocenters. The molecule has 2 rings (SSSR count). The maximum Gasteiger partial charge on any atom is 0.259 e. The topological polar surface area (TPSA) is 121 Å². The highest BCUT2D eigenvalue weighted by Gasteiger charge is 2.13. The molecule has 1 heterocycles. The van der Waals surface area contributed by atoms with Crippen molar-refractivity contribution in [1.29, 1.82) is 0 Å². The van der Waals surface area contributed by atoms with Crippen LogP contribution in [0.25, 0.3) is 0 Å². The summed E-state index contributed by atoms with van der Waals surface area (Å²) in [4.78, 5) is 10.5. The van der Waals surface area contributed by atoms with Crippen LogP contribution in [0.4, 0.5) is 5.82 Å². The van der Waals surface area contributed by atoms with Crippen LogP contribution in [-0.2, 0) is 4.79 Å². The molecule has 10 nitrogen and oxygen atoms in total. The predicted octanol–water partition coefficient (Wildman–Crippen LogP) is 1.55. The van der Waals surface area contributed by atoms with Gasteiger partial charge in [0.2, 0.25) is 5.88 Å². The Kier molecular flexibility index (Phi) is 10.2. The number of hydrogen-bond acceptors (Lipinski definition) is 10. The summed E-state index contributed by atoms with van der Waals surface area (Å²) in [7, 11) is 0.